The van der Waals surface area contributed by atoms with Crippen LogP contribution in [0.4, 0.5) is 13.2 Å². The maximum absolute atomic E-state index is 12.9. The van der Waals surface area contributed by atoms with Gasteiger partial charge in [-0.15, -0.1) is 0 Å². The smallest absolute Gasteiger partial charge is 0.416 e. The zero-order valence-electron chi connectivity index (χ0n) is 12.1. The summed E-state index contributed by atoms with van der Waals surface area (Å²) in [4.78, 5) is 11.2. The molecule has 0 spiro atoms. The van der Waals surface area contributed by atoms with E-state index in [0.717, 1.165) is 16.4 Å². The number of halogens is 3. The molecule has 1 aliphatic heterocycles. The minimum absolute atomic E-state index is 0.218. The van der Waals surface area contributed by atoms with Gasteiger partial charge in [-0.25, -0.2) is 8.42 Å². The van der Waals surface area contributed by atoms with Gasteiger partial charge in [0.25, 0.3) is 0 Å². The predicted molar refractivity (Wildman–Crippen MR) is 72.9 cm³/mol. The van der Waals surface area contributed by atoms with Gasteiger partial charge in [0.05, 0.1) is 30.0 Å². The first kappa shape index (κ1) is 16.3. The third-order valence-electron chi connectivity index (χ3n) is 4.06. The monoisotopic (exact) mass is 349 g/mol. The Morgan fingerprint density at radius 2 is 2.00 bits per heavy atom. The van der Waals surface area contributed by atoms with E-state index in [0.29, 0.717) is 18.9 Å². The summed E-state index contributed by atoms with van der Waals surface area (Å²) in [6, 6.07) is 1.56. The van der Waals surface area contributed by atoms with Gasteiger partial charge in [-0.05, 0) is 30.5 Å². The van der Waals surface area contributed by atoms with Crippen molar-refractivity contribution in [3.05, 3.63) is 29.3 Å². The summed E-state index contributed by atoms with van der Waals surface area (Å²) in [5.74, 6) is -0.608. The van der Waals surface area contributed by atoms with Gasteiger partial charge in [-0.3, -0.25) is 4.79 Å². The molecule has 1 fully saturated rings. The van der Waals surface area contributed by atoms with Crippen LogP contribution in [0.1, 0.15) is 36.4 Å². The van der Waals surface area contributed by atoms with Crippen LogP contribution in [0.3, 0.4) is 0 Å². The van der Waals surface area contributed by atoms with Crippen LogP contribution >= 0.6 is 0 Å². The van der Waals surface area contributed by atoms with Gasteiger partial charge in [0.2, 0.25) is 10.0 Å². The van der Waals surface area contributed by atoms with Crippen LogP contribution in [0.25, 0.3) is 0 Å². The van der Waals surface area contributed by atoms with Crippen molar-refractivity contribution in [1.29, 1.82) is 0 Å². The van der Waals surface area contributed by atoms with Crippen molar-refractivity contribution in [3.8, 4) is 0 Å². The van der Waals surface area contributed by atoms with Gasteiger partial charge in [-0.1, -0.05) is 6.07 Å². The number of benzene rings is 1. The molecule has 5 nitrogen and oxygen atoms in total. The molecule has 0 bridgehead atoms. The van der Waals surface area contributed by atoms with Crippen LogP contribution in [-0.4, -0.2) is 31.8 Å². The Morgan fingerprint density at radius 1 is 1.35 bits per heavy atom. The summed E-state index contributed by atoms with van der Waals surface area (Å²) < 4.78 is 69.6. The normalized spacial score (nSPS) is 23.6. The quantitative estimate of drug-likeness (QED) is 0.787. The number of carbonyl (C=O) groups is 1. The van der Waals surface area contributed by atoms with Crippen LogP contribution in [0.2, 0.25) is 0 Å². The molecule has 0 saturated heterocycles. The number of hydrogen-bond donors (Lipinski definition) is 0. The van der Waals surface area contributed by atoms with Crippen molar-refractivity contribution < 1.29 is 31.1 Å². The fourth-order valence-electron chi connectivity index (χ4n) is 2.85. The summed E-state index contributed by atoms with van der Waals surface area (Å²) in [5.41, 5.74) is -0.801. The molecule has 1 saturated carbocycles. The number of carbonyl (C=O) groups excluding carboxylic acids is 1. The third kappa shape index (κ3) is 2.72. The van der Waals surface area contributed by atoms with E-state index in [1.807, 2.05) is 0 Å². The lowest BCUT2D eigenvalue weighted by Crippen LogP contribution is -2.31. The highest BCUT2D eigenvalue weighted by atomic mass is 32.2. The summed E-state index contributed by atoms with van der Waals surface area (Å²) in [6.45, 7) is 0. The van der Waals surface area contributed by atoms with Gasteiger partial charge >= 0.3 is 12.1 Å². The Hall–Kier alpha value is -1.61. The van der Waals surface area contributed by atoms with Crippen molar-refractivity contribution in [1.82, 2.24) is 4.31 Å². The maximum Gasteiger partial charge on any atom is 0.416 e. The summed E-state index contributed by atoms with van der Waals surface area (Å²) in [6.07, 6.45) is -3.58. The molecule has 1 aromatic rings. The molecule has 0 radical (unpaired) electrons. The van der Waals surface area contributed by atoms with Crippen molar-refractivity contribution in [2.24, 2.45) is 0 Å². The van der Waals surface area contributed by atoms with Gasteiger partial charge in [0, 0.05) is 6.04 Å². The van der Waals surface area contributed by atoms with E-state index in [2.05, 4.69) is 4.74 Å². The highest BCUT2D eigenvalue weighted by molar-refractivity contribution is 7.89. The Kier molecular flexibility index (Phi) is 3.68. The lowest BCUT2D eigenvalue weighted by atomic mass is 10.0. The summed E-state index contributed by atoms with van der Waals surface area (Å²) in [5, 5.41) is 0. The molecule has 1 atom stereocenters. The molecule has 0 amide bonds. The highest BCUT2D eigenvalue weighted by Gasteiger charge is 2.51. The molecule has 0 aromatic heterocycles. The number of ether oxygens (including phenoxy) is 1. The van der Waals surface area contributed by atoms with Gasteiger partial charge in [0.1, 0.15) is 0 Å². The summed E-state index contributed by atoms with van der Waals surface area (Å²) in [7, 11) is -2.86. The topological polar surface area (TPSA) is 63.7 Å². The van der Waals surface area contributed by atoms with E-state index in [9.17, 15) is 26.4 Å². The average molecular weight is 349 g/mol. The number of rotatable bonds is 3. The average Bonchev–Trinajstić information content (AvgIpc) is 3.26. The lowest BCUT2D eigenvalue weighted by Gasteiger charge is -2.22. The second kappa shape index (κ2) is 5.20. The van der Waals surface area contributed by atoms with Crippen molar-refractivity contribution in [2.45, 2.75) is 42.4 Å². The summed E-state index contributed by atoms with van der Waals surface area (Å²) >= 11 is 0. The molecule has 126 valence electrons. The van der Waals surface area contributed by atoms with Gasteiger partial charge in [0.15, 0.2) is 0 Å². The molecule has 9 heteroatoms. The zero-order chi connectivity index (χ0) is 17.0. The molecular formula is C14H14F3NO4S. The van der Waals surface area contributed by atoms with E-state index < -0.39 is 33.8 Å². The minimum Gasteiger partial charge on any atom is -0.469 e. The number of methoxy groups -OCH3 is 1. The van der Waals surface area contributed by atoms with E-state index in [1.54, 1.807) is 0 Å². The fourth-order valence-corrected chi connectivity index (χ4v) is 4.98. The SMILES string of the molecule is COC(=O)C[C@H]1c2ccc(C(F)(F)F)cc2S(=O)(=O)N1C1CC1. The Balaban J connectivity index is 2.11. The molecule has 23 heavy (non-hydrogen) atoms. The van der Waals surface area contributed by atoms with Crippen LogP contribution in [-0.2, 0) is 25.7 Å². The molecule has 1 heterocycles. The number of esters is 1. The van der Waals surface area contributed by atoms with Crippen LogP contribution in [0.15, 0.2) is 23.1 Å². The molecule has 0 N–H and O–H groups in total. The number of nitrogens with zero attached hydrogens (tertiary/aromatic N) is 1. The van der Waals surface area contributed by atoms with Gasteiger partial charge < -0.3 is 4.74 Å². The first-order valence-corrected chi connectivity index (χ1v) is 8.41. The zero-order valence-corrected chi connectivity index (χ0v) is 12.9. The second-order valence-electron chi connectivity index (χ2n) is 5.61. The molecular weight excluding hydrogens is 335 g/mol. The second-order valence-corrected chi connectivity index (χ2v) is 7.42. The van der Waals surface area contributed by atoms with E-state index in [4.69, 9.17) is 0 Å². The largest absolute Gasteiger partial charge is 0.469 e. The number of hydrogen-bond acceptors (Lipinski definition) is 4. The maximum atomic E-state index is 12.9. The first-order chi connectivity index (χ1) is 10.7. The van der Waals surface area contributed by atoms with Crippen molar-refractivity contribution >= 4 is 16.0 Å². The van der Waals surface area contributed by atoms with Crippen LogP contribution < -0.4 is 0 Å². The Morgan fingerprint density at radius 3 is 2.52 bits per heavy atom. The minimum atomic E-state index is -4.63. The molecule has 3 rings (SSSR count). The fraction of sp³-hybridized carbons (Fsp3) is 0.500. The van der Waals surface area contributed by atoms with E-state index in [1.165, 1.54) is 7.11 Å². The van der Waals surface area contributed by atoms with Crippen LogP contribution in [0, 0.1) is 0 Å². The van der Waals surface area contributed by atoms with Crippen molar-refractivity contribution in [3.63, 3.8) is 0 Å². The van der Waals surface area contributed by atoms with E-state index >= 15 is 0 Å². The molecule has 2 aliphatic rings. The number of fused-ring (bicyclic) bond motifs is 1. The third-order valence-corrected chi connectivity index (χ3v) is 6.07. The van der Waals surface area contributed by atoms with Crippen molar-refractivity contribution in [2.75, 3.05) is 7.11 Å². The van der Waals surface area contributed by atoms with E-state index in [-0.39, 0.29) is 22.9 Å². The Bertz CT molecular complexity index is 756. The Labute approximate surface area is 131 Å². The molecule has 1 aliphatic carbocycles. The predicted octanol–water partition coefficient (Wildman–Crippen LogP) is 2.48. The number of alkyl halides is 3. The van der Waals surface area contributed by atoms with Gasteiger partial charge in [-0.2, -0.15) is 17.5 Å². The molecule has 0 unspecified atom stereocenters. The standard InChI is InChI=1S/C14H14F3NO4S/c1-22-13(19)7-11-10-5-2-8(14(15,16)17)6-12(10)23(20,21)18(11)9-3-4-9/h2,5-6,9,11H,3-4,7H2,1H3/t11-/m0/s1. The first-order valence-electron chi connectivity index (χ1n) is 6.97. The lowest BCUT2D eigenvalue weighted by molar-refractivity contribution is -0.142. The van der Waals surface area contributed by atoms with Crippen LogP contribution in [0.5, 0.6) is 0 Å². The molecule has 1 aromatic carbocycles. The highest BCUT2D eigenvalue weighted by Crippen LogP contribution is 2.49. The number of sulfonamides is 1.